The summed E-state index contributed by atoms with van der Waals surface area (Å²) in [6.45, 7) is 3.36. The summed E-state index contributed by atoms with van der Waals surface area (Å²) in [7, 11) is 0. The molecule has 1 atom stereocenters. The van der Waals surface area contributed by atoms with Gasteiger partial charge in [-0.2, -0.15) is 0 Å². The van der Waals surface area contributed by atoms with Crippen molar-refractivity contribution in [1.29, 1.82) is 0 Å². The number of carbonyl (C=O) groups excluding carboxylic acids is 2. The smallest absolute Gasteiger partial charge is 0.311 e. The maximum atomic E-state index is 14.6. The highest BCUT2D eigenvalue weighted by Crippen LogP contribution is 2.41. The van der Waals surface area contributed by atoms with Gasteiger partial charge in [0.1, 0.15) is 5.82 Å². The lowest BCUT2D eigenvalue weighted by molar-refractivity contribution is -0.134. The summed E-state index contributed by atoms with van der Waals surface area (Å²) in [5.74, 6) is -0.333. The van der Waals surface area contributed by atoms with E-state index in [1.165, 1.54) is 22.3 Å². The van der Waals surface area contributed by atoms with Crippen molar-refractivity contribution in [2.45, 2.75) is 64.5 Å². The van der Waals surface area contributed by atoms with Gasteiger partial charge in [0.2, 0.25) is 0 Å². The number of fused-ring (bicyclic) bond motifs is 1. The molecule has 2 heterocycles. The van der Waals surface area contributed by atoms with Gasteiger partial charge >= 0.3 is 5.97 Å². The average molecular weight is 430 g/mol. The van der Waals surface area contributed by atoms with Crippen LogP contribution in [0.1, 0.15) is 67.5 Å². The van der Waals surface area contributed by atoms with Gasteiger partial charge < -0.3 is 4.74 Å². The second-order valence-electron chi connectivity index (χ2n) is 8.27. The molecular formula is C24H28FNO3S. The number of rotatable bonds is 9. The molecular weight excluding hydrogens is 401 g/mol. The van der Waals surface area contributed by atoms with Gasteiger partial charge in [-0.25, -0.2) is 4.39 Å². The number of esters is 1. The minimum absolute atomic E-state index is 0.0538. The van der Waals surface area contributed by atoms with E-state index >= 15 is 0 Å². The number of benzene rings is 1. The molecule has 0 spiro atoms. The first kappa shape index (κ1) is 21.2. The van der Waals surface area contributed by atoms with Crippen molar-refractivity contribution in [3.8, 4) is 5.06 Å². The summed E-state index contributed by atoms with van der Waals surface area (Å²) < 4.78 is 20.1. The van der Waals surface area contributed by atoms with Crippen LogP contribution in [0.15, 0.2) is 30.3 Å². The molecule has 2 aromatic rings. The summed E-state index contributed by atoms with van der Waals surface area (Å²) in [6.07, 6.45) is 5.96. The lowest BCUT2D eigenvalue weighted by Gasteiger charge is -2.34. The predicted octanol–water partition coefficient (Wildman–Crippen LogP) is 5.45. The van der Waals surface area contributed by atoms with Crippen LogP contribution in [0.4, 0.5) is 4.39 Å². The number of nitrogens with zero attached hydrogens (tertiary/aromatic N) is 1. The lowest BCUT2D eigenvalue weighted by atomic mass is 9.95. The van der Waals surface area contributed by atoms with Gasteiger partial charge in [0.15, 0.2) is 10.8 Å². The number of Topliss-reactive ketones (excluding diaryl/α,β-unsaturated/α-hetero) is 1. The molecule has 1 fully saturated rings. The van der Waals surface area contributed by atoms with E-state index in [1.807, 2.05) is 6.07 Å². The van der Waals surface area contributed by atoms with E-state index in [9.17, 15) is 14.0 Å². The second-order valence-corrected chi connectivity index (χ2v) is 9.37. The Morgan fingerprint density at radius 1 is 1.27 bits per heavy atom. The zero-order chi connectivity index (χ0) is 21.1. The van der Waals surface area contributed by atoms with Crippen molar-refractivity contribution in [3.05, 3.63) is 52.2 Å². The Bertz CT molecular complexity index is 921. The number of hydrogen-bond donors (Lipinski definition) is 0. The normalized spacial score (nSPS) is 17.4. The van der Waals surface area contributed by atoms with Crippen LogP contribution in [0, 0.1) is 11.7 Å². The monoisotopic (exact) mass is 429 g/mol. The molecule has 0 amide bonds. The molecule has 4 rings (SSSR count). The Kier molecular flexibility index (Phi) is 6.64. The SMILES string of the molecule is CCCCCC(=O)Oc1cc2c(s1)CCN(C(C(=O)C1CC1)c1ccccc1F)C2. The lowest BCUT2D eigenvalue weighted by Crippen LogP contribution is -2.38. The van der Waals surface area contributed by atoms with E-state index < -0.39 is 6.04 Å². The van der Waals surface area contributed by atoms with Crippen LogP contribution in [0.3, 0.4) is 0 Å². The quantitative estimate of drug-likeness (QED) is 0.393. The van der Waals surface area contributed by atoms with Gasteiger partial charge in [-0.1, -0.05) is 38.0 Å². The van der Waals surface area contributed by atoms with Crippen LogP contribution in [-0.4, -0.2) is 23.2 Å². The second kappa shape index (κ2) is 9.40. The zero-order valence-electron chi connectivity index (χ0n) is 17.4. The third-order valence-electron chi connectivity index (χ3n) is 5.89. The van der Waals surface area contributed by atoms with Gasteiger partial charge in [0.05, 0.1) is 6.04 Å². The maximum Gasteiger partial charge on any atom is 0.311 e. The molecule has 30 heavy (non-hydrogen) atoms. The number of ether oxygens (including phenoxy) is 1. The van der Waals surface area contributed by atoms with E-state index in [-0.39, 0.29) is 23.5 Å². The third kappa shape index (κ3) is 4.81. The molecule has 1 saturated carbocycles. The average Bonchev–Trinajstić information content (AvgIpc) is 3.50. The first-order valence-electron chi connectivity index (χ1n) is 10.9. The molecule has 4 nitrogen and oxygen atoms in total. The number of halogens is 1. The fourth-order valence-corrected chi connectivity index (χ4v) is 5.13. The molecule has 0 radical (unpaired) electrons. The van der Waals surface area contributed by atoms with Crippen molar-refractivity contribution in [2.75, 3.05) is 6.54 Å². The molecule has 6 heteroatoms. The van der Waals surface area contributed by atoms with Crippen molar-refractivity contribution < 1.29 is 18.7 Å². The fraction of sp³-hybridized carbons (Fsp3) is 0.500. The molecule has 0 N–H and O–H groups in total. The summed E-state index contributed by atoms with van der Waals surface area (Å²) in [6, 6.07) is 7.98. The van der Waals surface area contributed by atoms with E-state index in [4.69, 9.17) is 4.74 Å². The Morgan fingerprint density at radius 3 is 2.80 bits per heavy atom. The van der Waals surface area contributed by atoms with E-state index in [1.54, 1.807) is 18.2 Å². The molecule has 0 saturated heterocycles. The topological polar surface area (TPSA) is 46.6 Å². The molecule has 2 aliphatic rings. The highest BCUT2D eigenvalue weighted by molar-refractivity contribution is 7.14. The fourth-order valence-electron chi connectivity index (χ4n) is 4.10. The van der Waals surface area contributed by atoms with Crippen LogP contribution in [0.2, 0.25) is 0 Å². The Balaban J connectivity index is 1.49. The van der Waals surface area contributed by atoms with Crippen LogP contribution in [0.5, 0.6) is 5.06 Å². The van der Waals surface area contributed by atoms with Crippen molar-refractivity contribution in [3.63, 3.8) is 0 Å². The number of ketones is 1. The number of hydrogen-bond acceptors (Lipinski definition) is 5. The largest absolute Gasteiger partial charge is 0.415 e. The summed E-state index contributed by atoms with van der Waals surface area (Å²) in [4.78, 5) is 28.4. The van der Waals surface area contributed by atoms with Crippen molar-refractivity contribution in [2.24, 2.45) is 5.92 Å². The van der Waals surface area contributed by atoms with Crippen molar-refractivity contribution in [1.82, 2.24) is 4.90 Å². The van der Waals surface area contributed by atoms with Gasteiger partial charge in [-0.3, -0.25) is 14.5 Å². The Labute approximate surface area is 181 Å². The minimum Gasteiger partial charge on any atom is -0.415 e. The number of thiophene rings is 1. The molecule has 1 aromatic carbocycles. The van der Waals surface area contributed by atoms with Crippen LogP contribution >= 0.6 is 11.3 Å². The van der Waals surface area contributed by atoms with Gasteiger partial charge in [-0.15, -0.1) is 11.3 Å². The van der Waals surface area contributed by atoms with E-state index in [0.29, 0.717) is 30.1 Å². The summed E-state index contributed by atoms with van der Waals surface area (Å²) in [5.41, 5.74) is 1.54. The Morgan fingerprint density at radius 2 is 2.07 bits per heavy atom. The van der Waals surface area contributed by atoms with Gasteiger partial charge in [0, 0.05) is 35.9 Å². The van der Waals surface area contributed by atoms with E-state index in [0.717, 1.165) is 44.1 Å². The highest BCUT2D eigenvalue weighted by Gasteiger charge is 2.40. The molecule has 1 aliphatic carbocycles. The van der Waals surface area contributed by atoms with Crippen LogP contribution in [-0.2, 0) is 22.6 Å². The predicted molar refractivity (Wildman–Crippen MR) is 115 cm³/mol. The first-order valence-corrected chi connectivity index (χ1v) is 11.7. The Hall–Kier alpha value is -2.05. The first-order chi connectivity index (χ1) is 14.6. The number of unbranched alkanes of at least 4 members (excludes halogenated alkanes) is 2. The third-order valence-corrected chi connectivity index (χ3v) is 7.00. The standard InChI is InChI=1S/C24H28FNO3S/c1-2-3-4-9-21(27)29-22-14-17-15-26(13-12-20(17)30-22)23(24(28)16-10-11-16)18-7-5-6-8-19(18)25/h5-8,14,16,23H,2-4,9-13,15H2,1H3. The summed E-state index contributed by atoms with van der Waals surface area (Å²) in [5, 5.41) is 0.624. The molecule has 1 aromatic heterocycles. The molecule has 1 aliphatic heterocycles. The number of carbonyl (C=O) groups is 2. The summed E-state index contributed by atoms with van der Waals surface area (Å²) >= 11 is 1.51. The minimum atomic E-state index is -0.549. The van der Waals surface area contributed by atoms with Gasteiger partial charge in [0.25, 0.3) is 0 Å². The molecule has 1 unspecified atom stereocenters. The highest BCUT2D eigenvalue weighted by atomic mass is 32.1. The van der Waals surface area contributed by atoms with Crippen LogP contribution in [0.25, 0.3) is 0 Å². The van der Waals surface area contributed by atoms with Crippen LogP contribution < -0.4 is 4.74 Å². The maximum absolute atomic E-state index is 14.6. The van der Waals surface area contributed by atoms with E-state index in [2.05, 4.69) is 11.8 Å². The molecule has 0 bridgehead atoms. The van der Waals surface area contributed by atoms with Crippen molar-refractivity contribution >= 4 is 23.1 Å². The van der Waals surface area contributed by atoms with Gasteiger partial charge in [-0.05, 0) is 43.4 Å². The molecule has 160 valence electrons. The zero-order valence-corrected chi connectivity index (χ0v) is 18.2.